The number of allylic oxidation sites excluding steroid dienone is 2. The Hall–Kier alpha value is -5.00. The van der Waals surface area contributed by atoms with Gasteiger partial charge >= 0.3 is 0 Å². The normalized spacial score (nSPS) is 23.4. The number of likely N-dealkylation sites (tertiary alicyclic amines) is 1. The van der Waals surface area contributed by atoms with Crippen LogP contribution in [0.4, 0.5) is 10.2 Å². The molecule has 1 amide bonds. The number of nitrogens with zero attached hydrogens (tertiary/aromatic N) is 5. The molecule has 1 aromatic carbocycles. The number of hydrogen-bond acceptors (Lipinski definition) is 9. The average Bonchev–Trinajstić information content (AvgIpc) is 3.55. The first-order valence-corrected chi connectivity index (χ1v) is 13.1. The molecule has 4 aliphatic rings. The standard InChI is InChI=1S/C28H26FN9O2/c1-15-11-17-18(34-15)5-6-22(25(17)29)40-27-24(28(39)38-9-2-10-38)26(32-14-33-27)35-23-13-20(36-37-23)16-3-4-19-21(12-16)31-8-7-30-19/h3-8,11-14,17-18,26,34H,2,9-10H2,1H3,(H,32,33)(H2,35,36,37). The third-order valence-electron chi connectivity index (χ3n) is 7.36. The number of H-pyrrole nitrogens is 1. The van der Waals surface area contributed by atoms with E-state index < -0.39 is 17.9 Å². The molecule has 3 aliphatic heterocycles. The largest absolute Gasteiger partial charge is 0.438 e. The van der Waals surface area contributed by atoms with E-state index in [0.717, 1.165) is 34.4 Å². The maximum Gasteiger partial charge on any atom is 0.259 e. The highest BCUT2D eigenvalue weighted by molar-refractivity contribution is 5.97. The van der Waals surface area contributed by atoms with Crippen molar-refractivity contribution >= 4 is 29.1 Å². The van der Waals surface area contributed by atoms with E-state index in [2.05, 4.69) is 41.1 Å². The van der Waals surface area contributed by atoms with E-state index >= 15 is 4.39 Å². The van der Waals surface area contributed by atoms with Crippen LogP contribution >= 0.6 is 0 Å². The molecule has 3 aromatic rings. The quantitative estimate of drug-likeness (QED) is 0.376. The van der Waals surface area contributed by atoms with Crippen molar-refractivity contribution in [3.05, 3.63) is 83.6 Å². The second-order valence-corrected chi connectivity index (χ2v) is 10.0. The number of hydrogen-bond donors (Lipinski definition) is 4. The van der Waals surface area contributed by atoms with Crippen molar-refractivity contribution in [1.82, 2.24) is 35.7 Å². The van der Waals surface area contributed by atoms with Crippen molar-refractivity contribution in [2.45, 2.75) is 25.6 Å². The molecule has 40 heavy (non-hydrogen) atoms. The van der Waals surface area contributed by atoms with Gasteiger partial charge in [0.1, 0.15) is 11.4 Å². The fraction of sp³-hybridized carbons (Fsp3) is 0.250. The van der Waals surface area contributed by atoms with E-state index in [9.17, 15) is 4.79 Å². The molecule has 0 saturated carbocycles. The van der Waals surface area contributed by atoms with E-state index in [-0.39, 0.29) is 29.2 Å². The zero-order chi connectivity index (χ0) is 27.2. The van der Waals surface area contributed by atoms with Crippen LogP contribution in [-0.4, -0.2) is 62.6 Å². The van der Waals surface area contributed by atoms with Gasteiger partial charge in [0.2, 0.25) is 5.88 Å². The Morgan fingerprint density at radius 2 is 2.02 bits per heavy atom. The van der Waals surface area contributed by atoms with Crippen LogP contribution in [0.2, 0.25) is 0 Å². The third kappa shape index (κ3) is 4.27. The number of aliphatic imine (C=N–C) groups is 1. The molecule has 4 N–H and O–H groups in total. The van der Waals surface area contributed by atoms with Gasteiger partial charge in [-0.1, -0.05) is 18.2 Å². The minimum Gasteiger partial charge on any atom is -0.438 e. The molecule has 1 fully saturated rings. The highest BCUT2D eigenvalue weighted by Crippen LogP contribution is 2.35. The summed E-state index contributed by atoms with van der Waals surface area (Å²) in [7, 11) is 0. The molecular weight excluding hydrogens is 513 g/mol. The Morgan fingerprint density at radius 1 is 1.18 bits per heavy atom. The first-order valence-electron chi connectivity index (χ1n) is 13.1. The van der Waals surface area contributed by atoms with Crippen LogP contribution < -0.4 is 16.0 Å². The lowest BCUT2D eigenvalue weighted by Gasteiger charge is -2.34. The SMILES string of the molecule is CC1=CC2C(F)=C(OC3=C(C(=O)N4CCC4)C(Nc4cc(-c5ccc6nccnc6c5)[nH]n4)N=CN3)C=CC2N1. The number of benzene rings is 1. The van der Waals surface area contributed by atoms with Crippen LogP contribution in [0.1, 0.15) is 13.3 Å². The highest BCUT2D eigenvalue weighted by Gasteiger charge is 2.37. The molecule has 12 heteroatoms. The fourth-order valence-corrected chi connectivity index (χ4v) is 5.16. The predicted molar refractivity (Wildman–Crippen MR) is 147 cm³/mol. The number of amides is 1. The van der Waals surface area contributed by atoms with Gasteiger partial charge in [0.15, 0.2) is 17.8 Å². The number of carbonyl (C=O) groups excluding carboxylic acids is 1. The summed E-state index contributed by atoms with van der Waals surface area (Å²) in [5, 5.41) is 16.8. The van der Waals surface area contributed by atoms with Gasteiger partial charge in [0.25, 0.3) is 5.91 Å². The fourth-order valence-electron chi connectivity index (χ4n) is 5.16. The third-order valence-corrected chi connectivity index (χ3v) is 7.36. The summed E-state index contributed by atoms with van der Waals surface area (Å²) in [5.41, 5.74) is 4.36. The van der Waals surface area contributed by atoms with Crippen molar-refractivity contribution in [3.8, 4) is 11.3 Å². The molecule has 1 saturated heterocycles. The Kier molecular flexibility index (Phi) is 5.80. The zero-order valence-electron chi connectivity index (χ0n) is 21.6. The summed E-state index contributed by atoms with van der Waals surface area (Å²) in [6.07, 6.45) is 10.2. The lowest BCUT2D eigenvalue weighted by Crippen LogP contribution is -2.47. The Bertz CT molecular complexity index is 1670. The van der Waals surface area contributed by atoms with Gasteiger partial charge in [0, 0.05) is 42.8 Å². The summed E-state index contributed by atoms with van der Waals surface area (Å²) >= 11 is 0. The summed E-state index contributed by atoms with van der Waals surface area (Å²) in [6, 6.07) is 7.43. The Balaban J connectivity index is 1.18. The number of halogens is 1. The van der Waals surface area contributed by atoms with Crippen molar-refractivity contribution in [3.63, 3.8) is 0 Å². The monoisotopic (exact) mass is 539 g/mol. The van der Waals surface area contributed by atoms with Crippen molar-refractivity contribution < 1.29 is 13.9 Å². The second-order valence-electron chi connectivity index (χ2n) is 10.0. The molecule has 202 valence electrons. The van der Waals surface area contributed by atoms with E-state index in [1.165, 1.54) is 6.34 Å². The Morgan fingerprint density at radius 3 is 2.85 bits per heavy atom. The number of rotatable bonds is 6. The molecule has 5 heterocycles. The van der Waals surface area contributed by atoms with Gasteiger partial charge in [0.05, 0.1) is 35.0 Å². The van der Waals surface area contributed by atoms with Gasteiger partial charge in [-0.2, -0.15) is 5.10 Å². The number of carbonyl (C=O) groups is 1. The van der Waals surface area contributed by atoms with Crippen molar-refractivity contribution in [1.29, 1.82) is 0 Å². The molecule has 0 bridgehead atoms. The van der Waals surface area contributed by atoms with Gasteiger partial charge in [-0.05, 0) is 31.6 Å². The molecule has 0 radical (unpaired) electrons. The number of ether oxygens (including phenoxy) is 1. The van der Waals surface area contributed by atoms with Crippen molar-refractivity contribution in [2.24, 2.45) is 10.9 Å². The molecule has 2 aromatic heterocycles. The summed E-state index contributed by atoms with van der Waals surface area (Å²) < 4.78 is 21.4. The molecule has 0 spiro atoms. The number of nitrogens with one attached hydrogen (secondary N) is 4. The smallest absolute Gasteiger partial charge is 0.259 e. The van der Waals surface area contributed by atoms with Crippen LogP contribution in [0.5, 0.6) is 0 Å². The molecule has 11 nitrogen and oxygen atoms in total. The average molecular weight is 540 g/mol. The first-order chi connectivity index (χ1) is 19.5. The molecule has 1 aliphatic carbocycles. The maximum atomic E-state index is 15.4. The zero-order valence-corrected chi connectivity index (χ0v) is 21.6. The van der Waals surface area contributed by atoms with Gasteiger partial charge in [-0.25, -0.2) is 9.38 Å². The summed E-state index contributed by atoms with van der Waals surface area (Å²) in [6.45, 7) is 3.18. The number of aromatic nitrogens is 4. The molecule has 7 rings (SSSR count). The van der Waals surface area contributed by atoms with Gasteiger partial charge < -0.3 is 25.6 Å². The van der Waals surface area contributed by atoms with Crippen LogP contribution in [0, 0.1) is 5.92 Å². The van der Waals surface area contributed by atoms with E-state index in [1.807, 2.05) is 43.3 Å². The van der Waals surface area contributed by atoms with Crippen molar-refractivity contribution in [2.75, 3.05) is 18.4 Å². The second kappa shape index (κ2) is 9.63. The van der Waals surface area contributed by atoms with Crippen LogP contribution in [-0.2, 0) is 9.53 Å². The number of fused-ring (bicyclic) bond motifs is 2. The highest BCUT2D eigenvalue weighted by atomic mass is 19.1. The molecule has 3 atom stereocenters. The van der Waals surface area contributed by atoms with E-state index in [4.69, 9.17) is 4.74 Å². The summed E-state index contributed by atoms with van der Waals surface area (Å²) in [4.78, 5) is 28.4. The minimum atomic E-state index is -0.803. The Labute approximate surface area is 228 Å². The minimum absolute atomic E-state index is 0.0564. The summed E-state index contributed by atoms with van der Waals surface area (Å²) in [5.74, 6) is -0.413. The van der Waals surface area contributed by atoms with Crippen LogP contribution in [0.3, 0.4) is 0 Å². The predicted octanol–water partition coefficient (Wildman–Crippen LogP) is 3.09. The van der Waals surface area contributed by atoms with Gasteiger partial charge in [-0.3, -0.25) is 19.9 Å². The van der Waals surface area contributed by atoms with Crippen LogP contribution in [0.25, 0.3) is 22.3 Å². The van der Waals surface area contributed by atoms with E-state index in [1.54, 1.807) is 23.4 Å². The number of aromatic amines is 1. The lowest BCUT2D eigenvalue weighted by atomic mass is 9.95. The lowest BCUT2D eigenvalue weighted by molar-refractivity contribution is -0.130. The molecular formula is C28H26FN9O2. The van der Waals surface area contributed by atoms with Gasteiger partial charge in [-0.15, -0.1) is 0 Å². The maximum absolute atomic E-state index is 15.4. The topological polar surface area (TPSA) is 132 Å². The van der Waals surface area contributed by atoms with E-state index in [0.29, 0.717) is 18.9 Å². The molecule has 3 unspecified atom stereocenters. The number of anilines is 1. The first kappa shape index (κ1) is 24.1. The van der Waals surface area contributed by atoms with Crippen LogP contribution in [0.15, 0.2) is 88.6 Å².